The van der Waals surface area contributed by atoms with E-state index in [1.165, 1.54) is 11.4 Å². The van der Waals surface area contributed by atoms with Crippen LogP contribution < -0.4 is 5.73 Å². The van der Waals surface area contributed by atoms with E-state index in [0.717, 1.165) is 0 Å². The average Bonchev–Trinajstić information content (AvgIpc) is 2.87. The molecule has 20 heavy (non-hydrogen) atoms. The van der Waals surface area contributed by atoms with E-state index in [2.05, 4.69) is 4.74 Å². The number of carbonyl (C=O) groups excluding carboxylic acids is 1. The molecule has 1 heterocycles. The zero-order valence-corrected chi connectivity index (χ0v) is 12.1. The first kappa shape index (κ1) is 14.8. The van der Waals surface area contributed by atoms with Gasteiger partial charge in [0, 0.05) is 18.8 Å². The number of sulfonamides is 1. The fourth-order valence-electron chi connectivity index (χ4n) is 2.32. The Balaban J connectivity index is 2.07. The van der Waals surface area contributed by atoms with Gasteiger partial charge in [-0.15, -0.1) is 0 Å². The highest BCUT2D eigenvalue weighted by molar-refractivity contribution is 7.88. The Labute approximate surface area is 118 Å². The van der Waals surface area contributed by atoms with E-state index in [1.54, 1.807) is 24.3 Å². The third kappa shape index (κ3) is 3.29. The normalized spacial score (nSPS) is 19.9. The Morgan fingerprint density at radius 1 is 1.50 bits per heavy atom. The lowest BCUT2D eigenvalue weighted by Gasteiger charge is -2.16. The van der Waals surface area contributed by atoms with Gasteiger partial charge in [-0.25, -0.2) is 12.7 Å². The fourth-order valence-corrected chi connectivity index (χ4v) is 3.90. The van der Waals surface area contributed by atoms with E-state index in [1.807, 2.05) is 0 Å². The molecule has 0 saturated carbocycles. The number of ether oxygens (including phenoxy) is 1. The Kier molecular flexibility index (Phi) is 4.29. The Morgan fingerprint density at radius 2 is 2.25 bits per heavy atom. The fraction of sp³-hybridized carbons (Fsp3) is 0.462. The highest BCUT2D eigenvalue weighted by Crippen LogP contribution is 2.23. The molecule has 6 nitrogen and oxygen atoms in total. The molecule has 7 heteroatoms. The van der Waals surface area contributed by atoms with Gasteiger partial charge in [-0.2, -0.15) is 0 Å². The van der Waals surface area contributed by atoms with Gasteiger partial charge in [0.25, 0.3) is 0 Å². The van der Waals surface area contributed by atoms with Crippen LogP contribution in [-0.4, -0.2) is 38.9 Å². The summed E-state index contributed by atoms with van der Waals surface area (Å²) in [4.78, 5) is 11.4. The van der Waals surface area contributed by atoms with Gasteiger partial charge in [0.05, 0.1) is 18.8 Å². The summed E-state index contributed by atoms with van der Waals surface area (Å²) in [5, 5.41) is 0. The topological polar surface area (TPSA) is 89.7 Å². The molecule has 1 unspecified atom stereocenters. The van der Waals surface area contributed by atoms with Crippen LogP contribution in [-0.2, 0) is 25.3 Å². The van der Waals surface area contributed by atoms with Gasteiger partial charge < -0.3 is 10.5 Å². The van der Waals surface area contributed by atoms with Gasteiger partial charge >= 0.3 is 5.97 Å². The summed E-state index contributed by atoms with van der Waals surface area (Å²) in [6.07, 6.45) is 0.503. The Hall–Kier alpha value is -1.60. The summed E-state index contributed by atoms with van der Waals surface area (Å²) in [7, 11) is -2.12. The maximum atomic E-state index is 12.3. The zero-order valence-electron chi connectivity index (χ0n) is 11.3. The van der Waals surface area contributed by atoms with Crippen LogP contribution in [0.15, 0.2) is 24.3 Å². The second-order valence-corrected chi connectivity index (χ2v) is 6.84. The molecule has 110 valence electrons. The molecule has 0 aliphatic carbocycles. The van der Waals surface area contributed by atoms with Crippen LogP contribution in [0, 0.1) is 5.92 Å². The van der Waals surface area contributed by atoms with Crippen molar-refractivity contribution in [2.45, 2.75) is 12.2 Å². The molecule has 1 aliphatic heterocycles. The van der Waals surface area contributed by atoms with Crippen molar-refractivity contribution in [1.82, 2.24) is 4.31 Å². The first-order valence-electron chi connectivity index (χ1n) is 6.32. The van der Waals surface area contributed by atoms with Crippen LogP contribution in [0.3, 0.4) is 0 Å². The van der Waals surface area contributed by atoms with Crippen LogP contribution in [0.25, 0.3) is 0 Å². The standard InChI is InChI=1S/C13H18N2O4S/c1-19-13(16)11-5-6-15(8-11)20(17,18)9-10-3-2-4-12(14)7-10/h2-4,7,11H,5-6,8-9,14H2,1H3. The largest absolute Gasteiger partial charge is 0.469 e. The third-order valence-electron chi connectivity index (χ3n) is 3.38. The van der Waals surface area contributed by atoms with Gasteiger partial charge in [0.15, 0.2) is 0 Å². The minimum Gasteiger partial charge on any atom is -0.469 e. The molecule has 1 aliphatic rings. The lowest BCUT2D eigenvalue weighted by molar-refractivity contribution is -0.144. The Bertz CT molecular complexity index is 600. The van der Waals surface area contributed by atoms with Crippen molar-refractivity contribution in [3.05, 3.63) is 29.8 Å². The van der Waals surface area contributed by atoms with Crippen molar-refractivity contribution in [2.24, 2.45) is 5.92 Å². The molecule has 1 saturated heterocycles. The van der Waals surface area contributed by atoms with E-state index in [-0.39, 0.29) is 24.2 Å². The molecule has 0 bridgehead atoms. The van der Waals surface area contributed by atoms with Crippen molar-refractivity contribution in [3.8, 4) is 0 Å². The number of methoxy groups -OCH3 is 1. The highest BCUT2D eigenvalue weighted by Gasteiger charge is 2.35. The average molecular weight is 298 g/mol. The van der Waals surface area contributed by atoms with Crippen molar-refractivity contribution in [2.75, 3.05) is 25.9 Å². The summed E-state index contributed by atoms with van der Waals surface area (Å²) in [6, 6.07) is 6.80. The third-order valence-corrected chi connectivity index (χ3v) is 5.20. The molecule has 2 rings (SSSR count). The number of hydrogen-bond acceptors (Lipinski definition) is 5. The second-order valence-electron chi connectivity index (χ2n) is 4.87. The van der Waals surface area contributed by atoms with E-state index in [4.69, 9.17) is 5.73 Å². The van der Waals surface area contributed by atoms with Crippen LogP contribution in [0.5, 0.6) is 0 Å². The molecule has 2 N–H and O–H groups in total. The van der Waals surface area contributed by atoms with Gasteiger partial charge in [0.2, 0.25) is 10.0 Å². The van der Waals surface area contributed by atoms with Crippen LogP contribution in [0.1, 0.15) is 12.0 Å². The maximum Gasteiger partial charge on any atom is 0.310 e. The molecule has 1 aromatic carbocycles. The van der Waals surface area contributed by atoms with Crippen molar-refractivity contribution < 1.29 is 17.9 Å². The monoisotopic (exact) mass is 298 g/mol. The summed E-state index contributed by atoms with van der Waals surface area (Å²) < 4.78 is 30.6. The molecule has 0 aromatic heterocycles. The number of anilines is 1. The lowest BCUT2D eigenvalue weighted by Crippen LogP contribution is -2.31. The van der Waals surface area contributed by atoms with Crippen LogP contribution in [0.2, 0.25) is 0 Å². The maximum absolute atomic E-state index is 12.3. The number of nitrogens with zero attached hydrogens (tertiary/aromatic N) is 1. The highest BCUT2D eigenvalue weighted by atomic mass is 32.2. The van der Waals surface area contributed by atoms with Crippen molar-refractivity contribution in [1.29, 1.82) is 0 Å². The summed E-state index contributed by atoms with van der Waals surface area (Å²) >= 11 is 0. The molecular formula is C13H18N2O4S. The zero-order chi connectivity index (χ0) is 14.8. The molecule has 0 radical (unpaired) electrons. The predicted molar refractivity (Wildman–Crippen MR) is 75.2 cm³/mol. The van der Waals surface area contributed by atoms with E-state index in [0.29, 0.717) is 24.2 Å². The Morgan fingerprint density at radius 3 is 2.90 bits per heavy atom. The molecule has 1 fully saturated rings. The van der Waals surface area contributed by atoms with Crippen LogP contribution >= 0.6 is 0 Å². The number of esters is 1. The first-order chi connectivity index (χ1) is 9.42. The second kappa shape index (κ2) is 5.80. The summed E-state index contributed by atoms with van der Waals surface area (Å²) in [6.45, 7) is 0.543. The number of hydrogen-bond donors (Lipinski definition) is 1. The van der Waals surface area contributed by atoms with E-state index in [9.17, 15) is 13.2 Å². The molecular weight excluding hydrogens is 280 g/mol. The van der Waals surface area contributed by atoms with Gasteiger partial charge in [-0.05, 0) is 24.1 Å². The lowest BCUT2D eigenvalue weighted by atomic mass is 10.1. The summed E-state index contributed by atoms with van der Waals surface area (Å²) in [5.41, 5.74) is 6.82. The molecule has 0 amide bonds. The van der Waals surface area contributed by atoms with E-state index >= 15 is 0 Å². The quantitative estimate of drug-likeness (QED) is 0.649. The van der Waals surface area contributed by atoms with E-state index < -0.39 is 10.0 Å². The van der Waals surface area contributed by atoms with Crippen molar-refractivity contribution in [3.63, 3.8) is 0 Å². The molecule has 0 spiro atoms. The summed E-state index contributed by atoms with van der Waals surface area (Å²) in [5.74, 6) is -0.825. The van der Waals surface area contributed by atoms with Gasteiger partial charge in [0.1, 0.15) is 0 Å². The smallest absolute Gasteiger partial charge is 0.310 e. The van der Waals surface area contributed by atoms with Gasteiger partial charge in [-0.1, -0.05) is 12.1 Å². The molecule has 1 aromatic rings. The number of rotatable bonds is 4. The predicted octanol–water partition coefficient (Wildman–Crippen LogP) is 0.593. The number of nitrogens with two attached hydrogens (primary N) is 1. The van der Waals surface area contributed by atoms with Crippen molar-refractivity contribution >= 4 is 21.7 Å². The number of benzene rings is 1. The minimum atomic E-state index is -3.43. The SMILES string of the molecule is COC(=O)C1CCN(S(=O)(=O)Cc2cccc(N)c2)C1. The minimum absolute atomic E-state index is 0.105. The van der Waals surface area contributed by atoms with Crippen LogP contribution in [0.4, 0.5) is 5.69 Å². The van der Waals surface area contributed by atoms with Gasteiger partial charge in [-0.3, -0.25) is 4.79 Å². The first-order valence-corrected chi connectivity index (χ1v) is 7.93. The number of nitrogen functional groups attached to an aromatic ring is 1. The molecule has 1 atom stereocenters. The number of carbonyl (C=O) groups is 1.